The molecule has 0 aliphatic rings. The summed E-state index contributed by atoms with van der Waals surface area (Å²) >= 11 is 0. The van der Waals surface area contributed by atoms with Crippen LogP contribution in [-0.2, 0) is 6.42 Å². The highest BCUT2D eigenvalue weighted by Crippen LogP contribution is 2.26. The quantitative estimate of drug-likeness (QED) is 0.878. The van der Waals surface area contributed by atoms with E-state index < -0.39 is 0 Å². The van der Waals surface area contributed by atoms with Gasteiger partial charge in [-0.05, 0) is 50.6 Å². The zero-order valence-corrected chi connectivity index (χ0v) is 11.9. The van der Waals surface area contributed by atoms with Gasteiger partial charge in [-0.1, -0.05) is 6.07 Å². The first-order valence-electron chi connectivity index (χ1n) is 6.79. The van der Waals surface area contributed by atoms with Crippen molar-refractivity contribution in [1.82, 2.24) is 4.98 Å². The van der Waals surface area contributed by atoms with Crippen molar-refractivity contribution in [2.45, 2.75) is 20.3 Å². The molecule has 0 spiro atoms. The summed E-state index contributed by atoms with van der Waals surface area (Å²) in [7, 11) is 0. The summed E-state index contributed by atoms with van der Waals surface area (Å²) in [6, 6.07) is 9.61. The zero-order valence-electron chi connectivity index (χ0n) is 11.9. The number of ether oxygens (including phenoxy) is 2. The number of aryl methyl sites for hydroxylation is 1. The highest BCUT2D eigenvalue weighted by atomic mass is 16.5. The average Bonchev–Trinajstić information content (AvgIpc) is 2.43. The zero-order chi connectivity index (χ0) is 14.4. The molecule has 2 rings (SSSR count). The first kappa shape index (κ1) is 14.3. The van der Waals surface area contributed by atoms with Gasteiger partial charge in [0.05, 0.1) is 6.61 Å². The summed E-state index contributed by atoms with van der Waals surface area (Å²) in [4.78, 5) is 4.35. The molecule has 0 unspecified atom stereocenters. The fourth-order valence-corrected chi connectivity index (χ4v) is 1.94. The van der Waals surface area contributed by atoms with Crippen molar-refractivity contribution in [2.75, 3.05) is 13.2 Å². The Morgan fingerprint density at radius 2 is 2.00 bits per heavy atom. The maximum absolute atomic E-state index is 5.81. The predicted molar refractivity (Wildman–Crippen MR) is 79.4 cm³/mol. The van der Waals surface area contributed by atoms with E-state index in [4.69, 9.17) is 15.2 Å². The van der Waals surface area contributed by atoms with E-state index in [9.17, 15) is 0 Å². The normalized spacial score (nSPS) is 10.3. The summed E-state index contributed by atoms with van der Waals surface area (Å²) < 4.78 is 11.3. The van der Waals surface area contributed by atoms with Gasteiger partial charge in [-0.25, -0.2) is 4.98 Å². The highest BCUT2D eigenvalue weighted by molar-refractivity contribution is 5.37. The Morgan fingerprint density at radius 3 is 2.70 bits per heavy atom. The van der Waals surface area contributed by atoms with E-state index in [1.54, 1.807) is 0 Å². The molecule has 0 radical (unpaired) electrons. The lowest BCUT2D eigenvalue weighted by Gasteiger charge is -2.10. The molecule has 0 fully saturated rings. The summed E-state index contributed by atoms with van der Waals surface area (Å²) in [6.07, 6.45) is 2.63. The Morgan fingerprint density at radius 1 is 1.20 bits per heavy atom. The maximum Gasteiger partial charge on any atom is 0.222 e. The highest BCUT2D eigenvalue weighted by Gasteiger charge is 2.05. The molecule has 0 bridgehead atoms. The van der Waals surface area contributed by atoms with Gasteiger partial charge in [0, 0.05) is 17.8 Å². The summed E-state index contributed by atoms with van der Waals surface area (Å²) in [5, 5.41) is 0. The Labute approximate surface area is 119 Å². The smallest absolute Gasteiger partial charge is 0.222 e. The monoisotopic (exact) mass is 272 g/mol. The van der Waals surface area contributed by atoms with Crippen molar-refractivity contribution in [2.24, 2.45) is 5.73 Å². The molecular formula is C16H20N2O2. The van der Waals surface area contributed by atoms with Crippen LogP contribution in [0.2, 0.25) is 0 Å². The number of hydrogen-bond acceptors (Lipinski definition) is 4. The van der Waals surface area contributed by atoms with Gasteiger partial charge in [0.15, 0.2) is 0 Å². The number of aromatic nitrogens is 1. The van der Waals surface area contributed by atoms with Crippen molar-refractivity contribution in [3.63, 3.8) is 0 Å². The molecule has 0 aliphatic carbocycles. The lowest BCUT2D eigenvalue weighted by Crippen LogP contribution is -2.03. The number of nitrogens with zero attached hydrogens (tertiary/aromatic N) is 1. The third kappa shape index (κ3) is 3.71. The maximum atomic E-state index is 5.81. The molecule has 2 N–H and O–H groups in total. The molecular weight excluding hydrogens is 252 g/mol. The van der Waals surface area contributed by atoms with Gasteiger partial charge in [-0.2, -0.15) is 0 Å². The van der Waals surface area contributed by atoms with Crippen molar-refractivity contribution in [3.8, 4) is 17.4 Å². The molecule has 1 aromatic carbocycles. The van der Waals surface area contributed by atoms with Gasteiger partial charge in [-0.3, -0.25) is 0 Å². The van der Waals surface area contributed by atoms with Crippen LogP contribution >= 0.6 is 0 Å². The number of pyridine rings is 1. The Hall–Kier alpha value is -2.07. The van der Waals surface area contributed by atoms with Crippen LogP contribution in [0.5, 0.6) is 17.4 Å². The molecule has 1 heterocycles. The second-order valence-corrected chi connectivity index (χ2v) is 4.51. The lowest BCUT2D eigenvalue weighted by molar-refractivity contribution is 0.338. The van der Waals surface area contributed by atoms with Crippen LogP contribution in [0, 0.1) is 6.92 Å². The molecule has 0 atom stereocenters. The van der Waals surface area contributed by atoms with Crippen LogP contribution in [0.3, 0.4) is 0 Å². The molecule has 0 amide bonds. The number of benzene rings is 1. The summed E-state index contributed by atoms with van der Waals surface area (Å²) in [6.45, 7) is 5.19. The van der Waals surface area contributed by atoms with Crippen LogP contribution < -0.4 is 15.2 Å². The first-order valence-corrected chi connectivity index (χ1v) is 6.79. The largest absolute Gasteiger partial charge is 0.494 e. The van der Waals surface area contributed by atoms with Crippen molar-refractivity contribution in [3.05, 3.63) is 47.7 Å². The van der Waals surface area contributed by atoms with Gasteiger partial charge in [0.1, 0.15) is 11.5 Å². The molecule has 20 heavy (non-hydrogen) atoms. The van der Waals surface area contributed by atoms with E-state index >= 15 is 0 Å². The van der Waals surface area contributed by atoms with Crippen molar-refractivity contribution in [1.29, 1.82) is 0 Å². The van der Waals surface area contributed by atoms with E-state index in [2.05, 4.69) is 11.1 Å². The van der Waals surface area contributed by atoms with Crippen LogP contribution in [0.15, 0.2) is 36.5 Å². The fraction of sp³-hybridized carbons (Fsp3) is 0.312. The summed E-state index contributed by atoms with van der Waals surface area (Å²) in [5.74, 6) is 2.12. The first-order chi connectivity index (χ1) is 9.72. The van der Waals surface area contributed by atoms with Gasteiger partial charge in [-0.15, -0.1) is 0 Å². The standard InChI is InChI=1S/C16H20N2O2/c1-3-19-14-5-4-6-15(10-14)20-16-12(2)9-13(7-8-17)11-18-16/h4-6,9-11H,3,7-8,17H2,1-2H3. The fourth-order valence-electron chi connectivity index (χ4n) is 1.94. The molecule has 0 saturated heterocycles. The van der Waals surface area contributed by atoms with E-state index in [1.165, 1.54) is 0 Å². The van der Waals surface area contributed by atoms with Crippen molar-refractivity contribution < 1.29 is 9.47 Å². The van der Waals surface area contributed by atoms with E-state index in [-0.39, 0.29) is 0 Å². The van der Waals surface area contributed by atoms with E-state index in [0.717, 1.165) is 29.0 Å². The SMILES string of the molecule is CCOc1cccc(Oc2ncc(CCN)cc2C)c1. The molecule has 0 aliphatic heterocycles. The number of hydrogen-bond donors (Lipinski definition) is 1. The summed E-state index contributed by atoms with van der Waals surface area (Å²) in [5.41, 5.74) is 7.67. The Bertz CT molecular complexity index is 570. The van der Waals surface area contributed by atoms with E-state index in [1.807, 2.05) is 44.3 Å². The number of nitrogens with two attached hydrogens (primary N) is 1. The van der Waals surface area contributed by atoms with Crippen molar-refractivity contribution >= 4 is 0 Å². The molecule has 1 aromatic heterocycles. The average molecular weight is 272 g/mol. The minimum Gasteiger partial charge on any atom is -0.494 e. The van der Waals surface area contributed by atoms with Gasteiger partial charge in [0.2, 0.25) is 5.88 Å². The second-order valence-electron chi connectivity index (χ2n) is 4.51. The van der Waals surface area contributed by atoms with Gasteiger partial charge >= 0.3 is 0 Å². The minimum absolute atomic E-state index is 0.611. The minimum atomic E-state index is 0.611. The van der Waals surface area contributed by atoms with Crippen LogP contribution in [0.1, 0.15) is 18.1 Å². The number of rotatable bonds is 6. The molecule has 0 saturated carbocycles. The Kier molecular flexibility index (Phi) is 4.96. The lowest BCUT2D eigenvalue weighted by atomic mass is 10.1. The van der Waals surface area contributed by atoms with Crippen LogP contribution in [-0.4, -0.2) is 18.1 Å². The van der Waals surface area contributed by atoms with Gasteiger partial charge in [0.25, 0.3) is 0 Å². The molecule has 2 aromatic rings. The van der Waals surface area contributed by atoms with Gasteiger partial charge < -0.3 is 15.2 Å². The molecule has 4 heteroatoms. The van der Waals surface area contributed by atoms with Crippen LogP contribution in [0.25, 0.3) is 0 Å². The Balaban J connectivity index is 2.15. The third-order valence-corrected chi connectivity index (χ3v) is 2.85. The molecule has 4 nitrogen and oxygen atoms in total. The third-order valence-electron chi connectivity index (χ3n) is 2.85. The predicted octanol–water partition coefficient (Wildman–Crippen LogP) is 3.08. The topological polar surface area (TPSA) is 57.4 Å². The molecule has 106 valence electrons. The second kappa shape index (κ2) is 6.91. The van der Waals surface area contributed by atoms with E-state index in [0.29, 0.717) is 19.0 Å². The van der Waals surface area contributed by atoms with Crippen LogP contribution in [0.4, 0.5) is 0 Å².